The minimum Gasteiger partial charge on any atom is -0.468 e. The molecule has 1 amide bonds. The Morgan fingerprint density at radius 3 is 2.75 bits per heavy atom. The van der Waals surface area contributed by atoms with Gasteiger partial charge in [0.1, 0.15) is 5.76 Å². The quantitative estimate of drug-likeness (QED) is 0.522. The molecule has 4 rings (SSSR count). The molecular formula is C22H21N3O2S. The van der Waals surface area contributed by atoms with Crippen LogP contribution in [0, 0.1) is 0 Å². The Hall–Kier alpha value is -2.96. The highest BCUT2D eigenvalue weighted by molar-refractivity contribution is 7.13. The normalized spacial score (nSPS) is 12.4. The molecule has 1 aromatic carbocycles. The molecule has 0 fully saturated rings. The van der Waals surface area contributed by atoms with Crippen molar-refractivity contribution in [3.05, 3.63) is 77.6 Å². The van der Waals surface area contributed by atoms with Crippen LogP contribution in [-0.2, 0) is 0 Å². The Kier molecular flexibility index (Phi) is 5.23. The Labute approximate surface area is 167 Å². The minimum atomic E-state index is -0.116. The zero-order chi connectivity index (χ0) is 19.5. The van der Waals surface area contributed by atoms with Crippen LogP contribution in [0.3, 0.4) is 0 Å². The number of carbonyl (C=O) groups excluding carboxylic acids is 1. The number of amides is 1. The first-order valence-electron chi connectivity index (χ1n) is 9.05. The van der Waals surface area contributed by atoms with E-state index in [2.05, 4.69) is 5.32 Å². The number of aromatic nitrogens is 1. The van der Waals surface area contributed by atoms with Crippen molar-refractivity contribution in [3.63, 3.8) is 0 Å². The second kappa shape index (κ2) is 7.96. The number of nitrogens with one attached hydrogen (secondary N) is 1. The molecule has 0 radical (unpaired) electrons. The van der Waals surface area contributed by atoms with Crippen LogP contribution < -0.4 is 5.32 Å². The van der Waals surface area contributed by atoms with Crippen LogP contribution in [0.1, 0.15) is 22.2 Å². The second-order valence-corrected chi connectivity index (χ2v) is 7.70. The first-order chi connectivity index (χ1) is 13.6. The van der Waals surface area contributed by atoms with Crippen molar-refractivity contribution in [2.45, 2.75) is 6.04 Å². The van der Waals surface area contributed by atoms with Crippen LogP contribution in [-0.4, -0.2) is 36.4 Å². The van der Waals surface area contributed by atoms with E-state index in [9.17, 15) is 4.79 Å². The van der Waals surface area contributed by atoms with Crippen molar-refractivity contribution >= 4 is 28.1 Å². The first kappa shape index (κ1) is 18.4. The topological polar surface area (TPSA) is 58.4 Å². The molecule has 4 aromatic rings. The van der Waals surface area contributed by atoms with Crippen LogP contribution in [0.25, 0.3) is 21.5 Å². The number of benzene rings is 1. The van der Waals surface area contributed by atoms with Gasteiger partial charge in [0.15, 0.2) is 0 Å². The van der Waals surface area contributed by atoms with Gasteiger partial charge in [0.25, 0.3) is 5.91 Å². The largest absolute Gasteiger partial charge is 0.468 e. The highest BCUT2D eigenvalue weighted by Crippen LogP contribution is 2.28. The van der Waals surface area contributed by atoms with Gasteiger partial charge in [-0.1, -0.05) is 24.3 Å². The fourth-order valence-electron chi connectivity index (χ4n) is 3.22. The monoisotopic (exact) mass is 391 g/mol. The first-order valence-corrected chi connectivity index (χ1v) is 9.93. The number of carbonyl (C=O) groups is 1. The van der Waals surface area contributed by atoms with Gasteiger partial charge in [-0.05, 0) is 49.8 Å². The molecule has 6 heteroatoms. The van der Waals surface area contributed by atoms with Crippen molar-refractivity contribution in [2.24, 2.45) is 0 Å². The van der Waals surface area contributed by atoms with Gasteiger partial charge in [0.05, 0.1) is 34.0 Å². The van der Waals surface area contributed by atoms with E-state index in [0.29, 0.717) is 12.1 Å². The molecule has 1 unspecified atom stereocenters. The van der Waals surface area contributed by atoms with Gasteiger partial charge in [-0.2, -0.15) is 0 Å². The molecule has 0 saturated heterocycles. The third-order valence-corrected chi connectivity index (χ3v) is 5.58. The number of rotatable bonds is 6. The Bertz CT molecular complexity index is 1070. The van der Waals surface area contributed by atoms with Crippen LogP contribution in [0.4, 0.5) is 0 Å². The standard InChI is InChI=1S/C22H21N3O2S/c1-25(2)19(20-9-5-11-27-20)14-23-22(26)16-13-18(21-10-6-12-28-21)24-17-8-4-3-7-15(16)17/h3-13,19H,14H2,1-2H3,(H,23,26). The number of pyridine rings is 1. The molecule has 1 N–H and O–H groups in total. The van der Waals surface area contributed by atoms with E-state index in [1.54, 1.807) is 17.6 Å². The summed E-state index contributed by atoms with van der Waals surface area (Å²) in [5.41, 5.74) is 2.26. The molecule has 0 aliphatic heterocycles. The smallest absolute Gasteiger partial charge is 0.252 e. The number of thiophene rings is 1. The highest BCUT2D eigenvalue weighted by Gasteiger charge is 2.20. The molecular weight excluding hydrogens is 370 g/mol. The zero-order valence-electron chi connectivity index (χ0n) is 15.8. The fourth-order valence-corrected chi connectivity index (χ4v) is 3.90. The zero-order valence-corrected chi connectivity index (χ0v) is 16.6. The summed E-state index contributed by atoms with van der Waals surface area (Å²) in [4.78, 5) is 20.9. The number of furan rings is 1. The summed E-state index contributed by atoms with van der Waals surface area (Å²) in [6, 6.07) is 17.4. The van der Waals surface area contributed by atoms with Crippen molar-refractivity contribution < 1.29 is 9.21 Å². The molecule has 28 heavy (non-hydrogen) atoms. The van der Waals surface area contributed by atoms with Gasteiger partial charge in [-0.15, -0.1) is 11.3 Å². The lowest BCUT2D eigenvalue weighted by Gasteiger charge is -2.22. The molecule has 1 atom stereocenters. The number of hydrogen-bond donors (Lipinski definition) is 1. The second-order valence-electron chi connectivity index (χ2n) is 6.75. The molecule has 0 bridgehead atoms. The number of para-hydroxylation sites is 1. The Balaban J connectivity index is 1.65. The van der Waals surface area contributed by atoms with E-state index in [1.807, 2.05) is 79.0 Å². The summed E-state index contributed by atoms with van der Waals surface area (Å²) in [5.74, 6) is 0.707. The summed E-state index contributed by atoms with van der Waals surface area (Å²) in [5, 5.41) is 5.93. The van der Waals surface area contributed by atoms with Crippen molar-refractivity contribution in [2.75, 3.05) is 20.6 Å². The highest BCUT2D eigenvalue weighted by atomic mass is 32.1. The lowest BCUT2D eigenvalue weighted by Crippen LogP contribution is -2.34. The van der Waals surface area contributed by atoms with E-state index < -0.39 is 0 Å². The molecule has 0 spiro atoms. The van der Waals surface area contributed by atoms with E-state index in [4.69, 9.17) is 9.40 Å². The maximum atomic E-state index is 13.1. The molecule has 3 heterocycles. The molecule has 0 aliphatic rings. The van der Waals surface area contributed by atoms with Gasteiger partial charge < -0.3 is 9.73 Å². The van der Waals surface area contributed by atoms with Gasteiger partial charge in [-0.25, -0.2) is 4.98 Å². The van der Waals surface area contributed by atoms with Crippen LogP contribution in [0.5, 0.6) is 0 Å². The van der Waals surface area contributed by atoms with Gasteiger partial charge in [0, 0.05) is 11.9 Å². The average Bonchev–Trinajstić information content (AvgIpc) is 3.41. The maximum Gasteiger partial charge on any atom is 0.252 e. The summed E-state index contributed by atoms with van der Waals surface area (Å²) in [7, 11) is 3.94. The van der Waals surface area contributed by atoms with Gasteiger partial charge >= 0.3 is 0 Å². The predicted octanol–water partition coefficient (Wildman–Crippen LogP) is 4.59. The Morgan fingerprint density at radius 1 is 1.18 bits per heavy atom. The molecule has 3 aromatic heterocycles. The number of nitrogens with zero attached hydrogens (tertiary/aromatic N) is 2. The molecule has 142 valence electrons. The van der Waals surface area contributed by atoms with E-state index >= 15 is 0 Å². The van der Waals surface area contributed by atoms with Gasteiger partial charge in [0.2, 0.25) is 0 Å². The fraction of sp³-hybridized carbons (Fsp3) is 0.182. The van der Waals surface area contributed by atoms with Crippen molar-refractivity contribution in [1.82, 2.24) is 15.2 Å². The average molecular weight is 391 g/mol. The van der Waals surface area contributed by atoms with Crippen molar-refractivity contribution in [3.8, 4) is 10.6 Å². The number of fused-ring (bicyclic) bond motifs is 1. The van der Waals surface area contributed by atoms with Crippen LogP contribution in [0.2, 0.25) is 0 Å². The number of likely N-dealkylation sites (N-methyl/N-ethyl adjacent to an activating group) is 1. The van der Waals surface area contributed by atoms with Crippen LogP contribution in [0.15, 0.2) is 70.7 Å². The van der Waals surface area contributed by atoms with Crippen molar-refractivity contribution in [1.29, 1.82) is 0 Å². The SMILES string of the molecule is CN(C)C(CNC(=O)c1cc(-c2cccs2)nc2ccccc12)c1ccco1. The van der Waals surface area contributed by atoms with E-state index in [0.717, 1.165) is 27.2 Å². The Morgan fingerprint density at radius 2 is 2.04 bits per heavy atom. The lowest BCUT2D eigenvalue weighted by molar-refractivity contribution is 0.0940. The molecule has 0 aliphatic carbocycles. The summed E-state index contributed by atoms with van der Waals surface area (Å²) in [6.07, 6.45) is 1.65. The maximum absolute atomic E-state index is 13.1. The minimum absolute atomic E-state index is 0.0381. The van der Waals surface area contributed by atoms with E-state index in [1.165, 1.54) is 0 Å². The summed E-state index contributed by atoms with van der Waals surface area (Å²) >= 11 is 1.61. The predicted molar refractivity (Wildman–Crippen MR) is 113 cm³/mol. The van der Waals surface area contributed by atoms with Gasteiger partial charge in [-0.3, -0.25) is 9.69 Å². The molecule has 0 saturated carbocycles. The summed E-state index contributed by atoms with van der Waals surface area (Å²) < 4.78 is 5.53. The third-order valence-electron chi connectivity index (χ3n) is 4.69. The number of hydrogen-bond acceptors (Lipinski definition) is 5. The third kappa shape index (κ3) is 3.69. The van der Waals surface area contributed by atoms with E-state index in [-0.39, 0.29) is 11.9 Å². The molecule has 5 nitrogen and oxygen atoms in total. The summed E-state index contributed by atoms with van der Waals surface area (Å²) in [6.45, 7) is 0.449. The van der Waals surface area contributed by atoms with Crippen LogP contribution >= 0.6 is 11.3 Å². The lowest BCUT2D eigenvalue weighted by atomic mass is 10.1.